The largest absolute Gasteiger partial charge is 0.379 e. The molecule has 0 bridgehead atoms. The lowest BCUT2D eigenvalue weighted by molar-refractivity contribution is -0.00189. The molecular weight excluding hydrogens is 138 g/mol. The van der Waals surface area contributed by atoms with Gasteiger partial charge in [-0.15, -0.1) is 0 Å². The van der Waals surface area contributed by atoms with Crippen molar-refractivity contribution in [2.75, 3.05) is 7.05 Å². The van der Waals surface area contributed by atoms with Crippen molar-refractivity contribution in [1.82, 2.24) is 4.90 Å². The van der Waals surface area contributed by atoms with Crippen LogP contribution in [0.15, 0.2) is 0 Å². The average Bonchev–Trinajstić information content (AvgIpc) is 2.05. The van der Waals surface area contributed by atoms with Crippen LogP contribution in [0.25, 0.3) is 0 Å². The van der Waals surface area contributed by atoms with Crippen LogP contribution in [0.3, 0.4) is 0 Å². The van der Waals surface area contributed by atoms with Gasteiger partial charge in [0.25, 0.3) is 0 Å². The molecule has 0 spiro atoms. The molecule has 0 aromatic rings. The van der Waals surface area contributed by atoms with Gasteiger partial charge in [0.15, 0.2) is 0 Å². The molecular formula is C9H19NO. The van der Waals surface area contributed by atoms with Crippen molar-refractivity contribution in [3.8, 4) is 0 Å². The van der Waals surface area contributed by atoms with E-state index in [4.69, 9.17) is 0 Å². The Morgan fingerprint density at radius 3 is 2.27 bits per heavy atom. The lowest BCUT2D eigenvalue weighted by Crippen LogP contribution is -2.39. The third-order valence-corrected chi connectivity index (χ3v) is 2.74. The third-order valence-electron chi connectivity index (χ3n) is 2.74. The predicted octanol–water partition coefficient (Wildman–Crippen LogP) is 1.59. The topological polar surface area (TPSA) is 23.5 Å². The first-order valence-corrected chi connectivity index (χ1v) is 4.62. The van der Waals surface area contributed by atoms with Crippen LogP contribution in [0.5, 0.6) is 0 Å². The second-order valence-electron chi connectivity index (χ2n) is 3.59. The van der Waals surface area contributed by atoms with Crippen LogP contribution >= 0.6 is 0 Å². The molecule has 0 amide bonds. The summed E-state index contributed by atoms with van der Waals surface area (Å²) in [7, 11) is 2.01. The first-order chi connectivity index (χ1) is 5.22. The first-order valence-electron chi connectivity index (χ1n) is 4.62. The highest BCUT2D eigenvalue weighted by Crippen LogP contribution is 2.22. The van der Waals surface area contributed by atoms with Crippen LogP contribution < -0.4 is 0 Å². The quantitative estimate of drug-likeness (QED) is 0.615. The molecule has 0 saturated heterocycles. The Morgan fingerprint density at radius 1 is 1.27 bits per heavy atom. The van der Waals surface area contributed by atoms with E-state index in [0.717, 1.165) is 0 Å². The van der Waals surface area contributed by atoms with Gasteiger partial charge in [-0.05, 0) is 26.8 Å². The van der Waals surface area contributed by atoms with E-state index in [1.807, 2.05) is 14.0 Å². The van der Waals surface area contributed by atoms with Gasteiger partial charge in [-0.1, -0.05) is 19.3 Å². The van der Waals surface area contributed by atoms with E-state index in [1.165, 1.54) is 32.1 Å². The Balaban J connectivity index is 2.32. The fraction of sp³-hybridized carbons (Fsp3) is 1.00. The zero-order valence-electron chi connectivity index (χ0n) is 7.58. The average molecular weight is 157 g/mol. The summed E-state index contributed by atoms with van der Waals surface area (Å²) in [5, 5.41) is 9.30. The molecule has 1 unspecified atom stereocenters. The minimum atomic E-state index is -0.280. The number of hydrogen-bond donors (Lipinski definition) is 1. The lowest BCUT2D eigenvalue weighted by atomic mass is 9.94. The molecule has 1 fully saturated rings. The Kier molecular flexibility index (Phi) is 3.34. The van der Waals surface area contributed by atoms with Crippen molar-refractivity contribution in [3.05, 3.63) is 0 Å². The summed E-state index contributed by atoms with van der Waals surface area (Å²) in [6.45, 7) is 1.84. The molecule has 0 aromatic carbocycles. The van der Waals surface area contributed by atoms with E-state index < -0.39 is 0 Å². The fourth-order valence-electron chi connectivity index (χ4n) is 1.79. The highest BCUT2D eigenvalue weighted by molar-refractivity contribution is 4.73. The summed E-state index contributed by atoms with van der Waals surface area (Å²) in [6, 6.07) is 0.628. The summed E-state index contributed by atoms with van der Waals surface area (Å²) in [4.78, 5) is 2.08. The van der Waals surface area contributed by atoms with Crippen molar-refractivity contribution in [3.63, 3.8) is 0 Å². The van der Waals surface area contributed by atoms with Crippen molar-refractivity contribution in [2.24, 2.45) is 0 Å². The van der Waals surface area contributed by atoms with Gasteiger partial charge in [-0.2, -0.15) is 0 Å². The maximum atomic E-state index is 9.30. The van der Waals surface area contributed by atoms with Crippen LogP contribution in [0.2, 0.25) is 0 Å². The Bertz CT molecular complexity index is 108. The molecule has 1 aliphatic carbocycles. The molecule has 1 atom stereocenters. The van der Waals surface area contributed by atoms with Gasteiger partial charge in [-0.25, -0.2) is 0 Å². The van der Waals surface area contributed by atoms with E-state index in [9.17, 15) is 5.11 Å². The predicted molar refractivity (Wildman–Crippen MR) is 46.3 cm³/mol. The Labute approximate surface area is 69.2 Å². The van der Waals surface area contributed by atoms with Gasteiger partial charge < -0.3 is 5.11 Å². The molecule has 2 nitrogen and oxygen atoms in total. The Morgan fingerprint density at radius 2 is 1.82 bits per heavy atom. The lowest BCUT2D eigenvalue weighted by Gasteiger charge is -2.32. The minimum Gasteiger partial charge on any atom is -0.379 e. The molecule has 1 aliphatic rings. The van der Waals surface area contributed by atoms with Crippen molar-refractivity contribution >= 4 is 0 Å². The third kappa shape index (κ3) is 2.46. The fourth-order valence-corrected chi connectivity index (χ4v) is 1.79. The molecule has 0 radical (unpaired) electrons. The minimum absolute atomic E-state index is 0.280. The maximum Gasteiger partial charge on any atom is 0.104 e. The monoisotopic (exact) mass is 157 g/mol. The summed E-state index contributed by atoms with van der Waals surface area (Å²) in [5.74, 6) is 0. The molecule has 2 heteroatoms. The number of nitrogens with zero attached hydrogens (tertiary/aromatic N) is 1. The van der Waals surface area contributed by atoms with E-state index in [-0.39, 0.29) is 6.23 Å². The summed E-state index contributed by atoms with van der Waals surface area (Å²) in [5.41, 5.74) is 0. The van der Waals surface area contributed by atoms with Crippen LogP contribution in [-0.4, -0.2) is 29.3 Å². The van der Waals surface area contributed by atoms with Gasteiger partial charge in [0.05, 0.1) is 0 Å². The van der Waals surface area contributed by atoms with E-state index >= 15 is 0 Å². The highest BCUT2D eigenvalue weighted by Gasteiger charge is 2.19. The van der Waals surface area contributed by atoms with E-state index in [0.29, 0.717) is 6.04 Å². The van der Waals surface area contributed by atoms with Crippen LogP contribution in [0.1, 0.15) is 39.0 Å². The van der Waals surface area contributed by atoms with Gasteiger partial charge in [-0.3, -0.25) is 4.90 Å². The van der Waals surface area contributed by atoms with Crippen molar-refractivity contribution in [1.29, 1.82) is 0 Å². The molecule has 0 heterocycles. The zero-order valence-corrected chi connectivity index (χ0v) is 7.58. The maximum absolute atomic E-state index is 9.30. The normalized spacial score (nSPS) is 24.0. The first kappa shape index (κ1) is 9.01. The second kappa shape index (κ2) is 4.07. The van der Waals surface area contributed by atoms with Gasteiger partial charge in [0.1, 0.15) is 6.23 Å². The Hall–Kier alpha value is -0.0800. The molecule has 1 rings (SSSR count). The van der Waals surface area contributed by atoms with Crippen molar-refractivity contribution in [2.45, 2.75) is 51.3 Å². The van der Waals surface area contributed by atoms with Crippen LogP contribution in [0, 0.1) is 0 Å². The molecule has 66 valence electrons. The molecule has 1 saturated carbocycles. The van der Waals surface area contributed by atoms with Crippen LogP contribution in [-0.2, 0) is 0 Å². The number of rotatable bonds is 2. The molecule has 0 aliphatic heterocycles. The second-order valence-corrected chi connectivity index (χ2v) is 3.59. The summed E-state index contributed by atoms with van der Waals surface area (Å²) < 4.78 is 0. The molecule has 1 N–H and O–H groups in total. The molecule has 11 heavy (non-hydrogen) atoms. The SMILES string of the molecule is CC(O)N(C)C1CCCCC1. The van der Waals surface area contributed by atoms with E-state index in [2.05, 4.69) is 4.90 Å². The standard InChI is InChI=1S/C9H19NO/c1-8(11)10(2)9-6-4-3-5-7-9/h8-9,11H,3-7H2,1-2H3. The zero-order chi connectivity index (χ0) is 8.27. The number of aliphatic hydroxyl groups excluding tert-OH is 1. The van der Waals surface area contributed by atoms with Gasteiger partial charge in [0.2, 0.25) is 0 Å². The smallest absolute Gasteiger partial charge is 0.104 e. The highest BCUT2D eigenvalue weighted by atomic mass is 16.3. The molecule has 0 aromatic heterocycles. The van der Waals surface area contributed by atoms with Gasteiger partial charge in [0, 0.05) is 6.04 Å². The summed E-state index contributed by atoms with van der Waals surface area (Å²) >= 11 is 0. The number of aliphatic hydroxyl groups is 1. The van der Waals surface area contributed by atoms with Gasteiger partial charge >= 0.3 is 0 Å². The van der Waals surface area contributed by atoms with Crippen LogP contribution in [0.4, 0.5) is 0 Å². The summed E-state index contributed by atoms with van der Waals surface area (Å²) in [6.07, 6.45) is 6.30. The number of hydrogen-bond acceptors (Lipinski definition) is 2. The van der Waals surface area contributed by atoms with E-state index in [1.54, 1.807) is 0 Å². The van der Waals surface area contributed by atoms with Crippen molar-refractivity contribution < 1.29 is 5.11 Å².